The van der Waals surface area contributed by atoms with Crippen LogP contribution in [0.15, 0.2) is 30.7 Å². The Labute approximate surface area is 92.2 Å². The molecule has 0 radical (unpaired) electrons. The summed E-state index contributed by atoms with van der Waals surface area (Å²) in [6.45, 7) is 0. The molecule has 2 aromatic heterocycles. The van der Waals surface area contributed by atoms with Crippen molar-refractivity contribution in [2.45, 2.75) is 0 Å². The Balaban J connectivity index is 2.14. The van der Waals surface area contributed by atoms with E-state index in [1.165, 1.54) is 6.20 Å². The van der Waals surface area contributed by atoms with E-state index in [0.29, 0.717) is 17.2 Å². The minimum absolute atomic E-state index is 0.0135. The molecule has 0 aliphatic heterocycles. The van der Waals surface area contributed by atoms with Crippen molar-refractivity contribution < 1.29 is 4.74 Å². The Morgan fingerprint density at radius 1 is 1.44 bits per heavy atom. The second-order valence-corrected chi connectivity index (χ2v) is 3.25. The van der Waals surface area contributed by atoms with Gasteiger partial charge in [0.05, 0.1) is 12.4 Å². The first-order valence-corrected chi connectivity index (χ1v) is 4.62. The molecule has 0 saturated heterocycles. The summed E-state index contributed by atoms with van der Waals surface area (Å²) in [6, 6.07) is 3.34. The molecule has 0 atom stereocenters. The van der Waals surface area contributed by atoms with Crippen LogP contribution in [0, 0.1) is 5.41 Å². The highest BCUT2D eigenvalue weighted by Gasteiger charge is 2.02. The third-order valence-corrected chi connectivity index (χ3v) is 1.95. The molecule has 2 aromatic rings. The number of nitrogens with one attached hydrogen (secondary N) is 1. The van der Waals surface area contributed by atoms with E-state index in [2.05, 4.69) is 10.1 Å². The fourth-order valence-corrected chi connectivity index (χ4v) is 1.17. The summed E-state index contributed by atoms with van der Waals surface area (Å²) in [6.07, 6.45) is 4.83. The molecule has 2 heterocycles. The Kier molecular flexibility index (Phi) is 2.55. The SMILES string of the molecule is Cn1cc(Oc2ccc(C(=N)N)cn2)cn1. The number of rotatable bonds is 3. The number of aromatic nitrogens is 3. The standard InChI is InChI=1S/C10H11N5O/c1-15-6-8(5-14-15)16-9-3-2-7(4-13-9)10(11)12/h2-6H,1H3,(H3,11,12). The maximum atomic E-state index is 7.21. The summed E-state index contributed by atoms with van der Waals surface area (Å²) in [7, 11) is 1.80. The number of hydrogen-bond acceptors (Lipinski definition) is 4. The van der Waals surface area contributed by atoms with E-state index >= 15 is 0 Å². The van der Waals surface area contributed by atoms with E-state index in [9.17, 15) is 0 Å². The molecular formula is C10H11N5O. The van der Waals surface area contributed by atoms with Gasteiger partial charge < -0.3 is 10.5 Å². The lowest BCUT2D eigenvalue weighted by Gasteiger charge is -2.02. The number of aryl methyl sites for hydroxylation is 1. The van der Waals surface area contributed by atoms with Crippen molar-refractivity contribution in [1.29, 1.82) is 5.41 Å². The van der Waals surface area contributed by atoms with Gasteiger partial charge in [0.2, 0.25) is 5.88 Å². The number of nitrogens with two attached hydrogens (primary N) is 1. The Hall–Kier alpha value is -2.37. The largest absolute Gasteiger partial charge is 0.436 e. The first kappa shape index (κ1) is 10.2. The fourth-order valence-electron chi connectivity index (χ4n) is 1.17. The van der Waals surface area contributed by atoms with Crippen LogP contribution in [0.4, 0.5) is 0 Å². The molecule has 0 fully saturated rings. The lowest BCUT2D eigenvalue weighted by molar-refractivity contribution is 0.462. The lowest BCUT2D eigenvalue weighted by atomic mass is 10.3. The second kappa shape index (κ2) is 4.01. The molecule has 6 heteroatoms. The topological polar surface area (TPSA) is 89.8 Å². The van der Waals surface area contributed by atoms with E-state index in [0.717, 1.165) is 0 Å². The van der Waals surface area contributed by atoms with Crippen LogP contribution in [0.3, 0.4) is 0 Å². The van der Waals surface area contributed by atoms with Crippen molar-refractivity contribution in [2.24, 2.45) is 12.8 Å². The van der Waals surface area contributed by atoms with Crippen LogP contribution in [-0.2, 0) is 7.05 Å². The van der Waals surface area contributed by atoms with Crippen LogP contribution in [0.1, 0.15) is 5.56 Å². The summed E-state index contributed by atoms with van der Waals surface area (Å²) in [5.74, 6) is 1.05. The van der Waals surface area contributed by atoms with Gasteiger partial charge in [-0.1, -0.05) is 0 Å². The summed E-state index contributed by atoms with van der Waals surface area (Å²) in [4.78, 5) is 4.02. The predicted molar refractivity (Wildman–Crippen MR) is 58.5 cm³/mol. The molecule has 0 aliphatic rings. The molecule has 3 N–H and O–H groups in total. The van der Waals surface area contributed by atoms with Crippen LogP contribution in [0.5, 0.6) is 11.6 Å². The maximum absolute atomic E-state index is 7.21. The van der Waals surface area contributed by atoms with Crippen molar-refractivity contribution in [2.75, 3.05) is 0 Å². The van der Waals surface area contributed by atoms with Gasteiger partial charge in [0.25, 0.3) is 0 Å². The third-order valence-electron chi connectivity index (χ3n) is 1.95. The second-order valence-electron chi connectivity index (χ2n) is 3.25. The molecule has 0 amide bonds. The lowest BCUT2D eigenvalue weighted by Crippen LogP contribution is -2.11. The van der Waals surface area contributed by atoms with Gasteiger partial charge in [0.15, 0.2) is 5.75 Å². The zero-order valence-corrected chi connectivity index (χ0v) is 8.71. The molecule has 6 nitrogen and oxygen atoms in total. The molecule has 16 heavy (non-hydrogen) atoms. The van der Waals surface area contributed by atoms with Gasteiger partial charge in [-0.3, -0.25) is 10.1 Å². The van der Waals surface area contributed by atoms with Gasteiger partial charge in [-0.25, -0.2) is 4.98 Å². The van der Waals surface area contributed by atoms with Crippen LogP contribution in [0.25, 0.3) is 0 Å². The number of hydrogen-bond donors (Lipinski definition) is 2. The minimum atomic E-state index is -0.0135. The van der Waals surface area contributed by atoms with Crippen molar-refractivity contribution in [3.8, 4) is 11.6 Å². The number of amidine groups is 1. The van der Waals surface area contributed by atoms with Gasteiger partial charge in [0, 0.05) is 24.9 Å². The maximum Gasteiger partial charge on any atom is 0.219 e. The van der Waals surface area contributed by atoms with E-state index < -0.39 is 0 Å². The monoisotopic (exact) mass is 217 g/mol. The van der Waals surface area contributed by atoms with Crippen LogP contribution < -0.4 is 10.5 Å². The van der Waals surface area contributed by atoms with Gasteiger partial charge in [-0.15, -0.1) is 0 Å². The highest BCUT2D eigenvalue weighted by atomic mass is 16.5. The molecule has 82 valence electrons. The first-order valence-electron chi connectivity index (χ1n) is 4.62. The smallest absolute Gasteiger partial charge is 0.219 e. The molecule has 2 rings (SSSR count). The van der Waals surface area contributed by atoms with Crippen LogP contribution in [0.2, 0.25) is 0 Å². The highest BCUT2D eigenvalue weighted by Crippen LogP contribution is 2.17. The van der Waals surface area contributed by atoms with Crippen molar-refractivity contribution in [3.05, 3.63) is 36.3 Å². The van der Waals surface area contributed by atoms with Crippen molar-refractivity contribution in [1.82, 2.24) is 14.8 Å². The van der Waals surface area contributed by atoms with E-state index in [1.807, 2.05) is 0 Å². The summed E-state index contributed by atoms with van der Waals surface area (Å²) in [5.41, 5.74) is 5.88. The average molecular weight is 217 g/mol. The van der Waals surface area contributed by atoms with E-state index in [1.54, 1.807) is 36.3 Å². The highest BCUT2D eigenvalue weighted by molar-refractivity contribution is 5.94. The Morgan fingerprint density at radius 2 is 2.25 bits per heavy atom. The van der Waals surface area contributed by atoms with E-state index in [-0.39, 0.29) is 5.84 Å². The van der Waals surface area contributed by atoms with Crippen molar-refractivity contribution >= 4 is 5.84 Å². The molecule has 0 saturated carbocycles. The number of ether oxygens (including phenoxy) is 1. The Bertz CT molecular complexity index is 502. The minimum Gasteiger partial charge on any atom is -0.436 e. The first-order chi connectivity index (χ1) is 7.65. The van der Waals surface area contributed by atoms with E-state index in [4.69, 9.17) is 15.9 Å². The molecule has 0 aromatic carbocycles. The zero-order valence-electron chi connectivity index (χ0n) is 8.71. The average Bonchev–Trinajstić information content (AvgIpc) is 2.65. The Morgan fingerprint density at radius 3 is 2.75 bits per heavy atom. The molecule has 0 spiro atoms. The molecular weight excluding hydrogens is 206 g/mol. The summed E-state index contributed by atoms with van der Waals surface area (Å²) >= 11 is 0. The quantitative estimate of drug-likeness (QED) is 0.590. The zero-order chi connectivity index (χ0) is 11.5. The summed E-state index contributed by atoms with van der Waals surface area (Å²) < 4.78 is 7.07. The normalized spacial score (nSPS) is 10.1. The van der Waals surface area contributed by atoms with Crippen LogP contribution >= 0.6 is 0 Å². The number of nitrogen functional groups attached to an aromatic ring is 1. The molecule has 0 unspecified atom stereocenters. The molecule has 0 aliphatic carbocycles. The number of pyridine rings is 1. The number of nitrogens with zero attached hydrogens (tertiary/aromatic N) is 3. The predicted octanol–water partition coefficient (Wildman–Crippen LogP) is 0.891. The van der Waals surface area contributed by atoms with Gasteiger partial charge in [-0.05, 0) is 6.07 Å². The third kappa shape index (κ3) is 2.17. The van der Waals surface area contributed by atoms with Crippen molar-refractivity contribution in [3.63, 3.8) is 0 Å². The van der Waals surface area contributed by atoms with Gasteiger partial charge in [0.1, 0.15) is 5.84 Å². The van der Waals surface area contributed by atoms with Gasteiger partial charge in [-0.2, -0.15) is 5.10 Å². The van der Waals surface area contributed by atoms with Crippen LogP contribution in [-0.4, -0.2) is 20.6 Å². The molecule has 0 bridgehead atoms. The fraction of sp³-hybridized carbons (Fsp3) is 0.100. The van der Waals surface area contributed by atoms with Gasteiger partial charge >= 0.3 is 0 Å². The summed E-state index contributed by atoms with van der Waals surface area (Å²) in [5, 5.41) is 11.2.